The van der Waals surface area contributed by atoms with Crippen molar-refractivity contribution in [2.75, 3.05) is 23.9 Å². The van der Waals surface area contributed by atoms with Crippen LogP contribution in [0.5, 0.6) is 0 Å². The number of halogens is 1. The number of ether oxygens (including phenoxy) is 1. The van der Waals surface area contributed by atoms with Gasteiger partial charge in [-0.05, 0) is 31.5 Å². The summed E-state index contributed by atoms with van der Waals surface area (Å²) in [5.41, 5.74) is 2.05. The van der Waals surface area contributed by atoms with Gasteiger partial charge >= 0.3 is 0 Å². The Morgan fingerprint density at radius 1 is 1.47 bits per heavy atom. The van der Waals surface area contributed by atoms with Crippen molar-refractivity contribution in [2.45, 2.75) is 26.0 Å². The van der Waals surface area contributed by atoms with E-state index in [4.69, 9.17) is 16.3 Å². The fraction of sp³-hybridized carbons (Fsp3) is 0.538. The van der Waals surface area contributed by atoms with Crippen LogP contribution in [-0.4, -0.2) is 45.8 Å². The van der Waals surface area contributed by atoms with E-state index in [0.29, 0.717) is 18.5 Å². The number of aryl methyl sites for hydroxylation is 1. The summed E-state index contributed by atoms with van der Waals surface area (Å²) in [5, 5.41) is 4.31. The Kier molecular flexibility index (Phi) is 3.33. The summed E-state index contributed by atoms with van der Waals surface area (Å²) in [6, 6.07) is 4.46. The number of fused-ring (bicyclic) bond motifs is 1. The van der Waals surface area contributed by atoms with E-state index in [2.05, 4.69) is 34.9 Å². The standard InChI is InChI=1S/C13H17ClN4O/c1-9-3-12-15-8-16-18(12)13(4-9)17-6-11(5-14)19-7-10(17)2/h3-4,8,10-11H,5-7H2,1-2H3. The largest absolute Gasteiger partial charge is 0.373 e. The molecule has 0 saturated carbocycles. The predicted octanol–water partition coefficient (Wildman–Crippen LogP) is 1.87. The van der Waals surface area contributed by atoms with Crippen molar-refractivity contribution in [3.05, 3.63) is 24.0 Å². The lowest BCUT2D eigenvalue weighted by molar-refractivity contribution is 0.0360. The highest BCUT2D eigenvalue weighted by Crippen LogP contribution is 2.24. The maximum atomic E-state index is 5.92. The fourth-order valence-electron chi connectivity index (χ4n) is 2.47. The molecule has 1 aliphatic heterocycles. The van der Waals surface area contributed by atoms with Crippen LogP contribution in [0, 0.1) is 6.92 Å². The summed E-state index contributed by atoms with van der Waals surface area (Å²) < 4.78 is 7.57. The van der Waals surface area contributed by atoms with Gasteiger partial charge in [0, 0.05) is 6.54 Å². The summed E-state index contributed by atoms with van der Waals surface area (Å²) in [5.74, 6) is 1.56. The molecule has 19 heavy (non-hydrogen) atoms. The minimum absolute atomic E-state index is 0.0666. The first kappa shape index (κ1) is 12.7. The number of anilines is 1. The first-order valence-electron chi connectivity index (χ1n) is 6.43. The number of alkyl halides is 1. The Balaban J connectivity index is 2.04. The van der Waals surface area contributed by atoms with Crippen molar-refractivity contribution in [1.29, 1.82) is 0 Å². The van der Waals surface area contributed by atoms with Crippen molar-refractivity contribution in [3.8, 4) is 0 Å². The van der Waals surface area contributed by atoms with E-state index in [-0.39, 0.29) is 6.10 Å². The highest BCUT2D eigenvalue weighted by molar-refractivity contribution is 6.18. The number of hydrogen-bond donors (Lipinski definition) is 0. The molecule has 0 N–H and O–H groups in total. The van der Waals surface area contributed by atoms with Gasteiger partial charge in [0.25, 0.3) is 0 Å². The molecule has 1 aliphatic rings. The van der Waals surface area contributed by atoms with Gasteiger partial charge in [-0.3, -0.25) is 0 Å². The SMILES string of the molecule is Cc1cc(N2CC(CCl)OCC2C)n2ncnc2c1. The molecule has 0 aromatic carbocycles. The van der Waals surface area contributed by atoms with Crippen LogP contribution in [0.4, 0.5) is 5.82 Å². The zero-order chi connectivity index (χ0) is 13.4. The average Bonchev–Trinajstić information content (AvgIpc) is 2.86. The van der Waals surface area contributed by atoms with Crippen LogP contribution in [0.2, 0.25) is 0 Å². The number of nitrogens with zero attached hydrogens (tertiary/aromatic N) is 4. The molecule has 0 spiro atoms. The van der Waals surface area contributed by atoms with Crippen molar-refractivity contribution >= 4 is 23.1 Å². The van der Waals surface area contributed by atoms with Crippen LogP contribution in [0.3, 0.4) is 0 Å². The predicted molar refractivity (Wildman–Crippen MR) is 75.0 cm³/mol. The monoisotopic (exact) mass is 280 g/mol. The van der Waals surface area contributed by atoms with Crippen LogP contribution < -0.4 is 4.90 Å². The molecule has 5 nitrogen and oxygen atoms in total. The highest BCUT2D eigenvalue weighted by atomic mass is 35.5. The van der Waals surface area contributed by atoms with Gasteiger partial charge in [-0.2, -0.15) is 9.61 Å². The van der Waals surface area contributed by atoms with Crippen molar-refractivity contribution < 1.29 is 4.74 Å². The minimum Gasteiger partial charge on any atom is -0.373 e. The second kappa shape index (κ2) is 4.98. The molecule has 0 bridgehead atoms. The van der Waals surface area contributed by atoms with E-state index in [1.807, 2.05) is 10.6 Å². The van der Waals surface area contributed by atoms with Gasteiger partial charge in [-0.1, -0.05) is 0 Å². The second-order valence-corrected chi connectivity index (χ2v) is 5.34. The molecule has 6 heteroatoms. The van der Waals surface area contributed by atoms with E-state index in [9.17, 15) is 0 Å². The molecule has 102 valence electrons. The summed E-state index contributed by atoms with van der Waals surface area (Å²) in [4.78, 5) is 6.56. The molecule has 0 aliphatic carbocycles. The van der Waals surface area contributed by atoms with Crippen molar-refractivity contribution in [3.63, 3.8) is 0 Å². The average molecular weight is 281 g/mol. The van der Waals surface area contributed by atoms with Gasteiger partial charge in [0.2, 0.25) is 0 Å². The Bertz CT molecular complexity index is 585. The molecule has 0 amide bonds. The second-order valence-electron chi connectivity index (χ2n) is 5.03. The summed E-state index contributed by atoms with van der Waals surface area (Å²) >= 11 is 5.92. The molecular weight excluding hydrogens is 264 g/mol. The lowest BCUT2D eigenvalue weighted by atomic mass is 10.2. The van der Waals surface area contributed by atoms with E-state index in [0.717, 1.165) is 18.0 Å². The third-order valence-electron chi connectivity index (χ3n) is 3.48. The molecule has 2 aromatic heterocycles. The Labute approximate surface area is 117 Å². The van der Waals surface area contributed by atoms with Crippen LogP contribution in [0.15, 0.2) is 18.5 Å². The third-order valence-corrected chi connectivity index (χ3v) is 3.82. The number of aromatic nitrogens is 3. The zero-order valence-electron chi connectivity index (χ0n) is 11.1. The normalized spacial score (nSPS) is 24.1. The van der Waals surface area contributed by atoms with E-state index in [1.54, 1.807) is 6.33 Å². The molecular formula is C13H17ClN4O. The maximum Gasteiger partial charge on any atom is 0.157 e. The topological polar surface area (TPSA) is 42.7 Å². The molecule has 3 heterocycles. The van der Waals surface area contributed by atoms with Gasteiger partial charge in [-0.25, -0.2) is 4.98 Å². The summed E-state index contributed by atoms with van der Waals surface area (Å²) in [6.45, 7) is 5.68. The van der Waals surface area contributed by atoms with Gasteiger partial charge in [0.15, 0.2) is 5.65 Å². The van der Waals surface area contributed by atoms with Gasteiger partial charge in [0.05, 0.1) is 24.6 Å². The van der Waals surface area contributed by atoms with Gasteiger partial charge in [-0.15, -0.1) is 11.6 Å². The molecule has 2 unspecified atom stereocenters. The maximum absolute atomic E-state index is 5.92. The Morgan fingerprint density at radius 2 is 2.32 bits per heavy atom. The van der Waals surface area contributed by atoms with Crippen LogP contribution in [0.25, 0.3) is 5.65 Å². The zero-order valence-corrected chi connectivity index (χ0v) is 11.8. The minimum atomic E-state index is 0.0666. The highest BCUT2D eigenvalue weighted by Gasteiger charge is 2.27. The first-order chi connectivity index (χ1) is 9.19. The Morgan fingerprint density at radius 3 is 3.11 bits per heavy atom. The lowest BCUT2D eigenvalue weighted by Gasteiger charge is -2.38. The summed E-state index contributed by atoms with van der Waals surface area (Å²) in [7, 11) is 0. The van der Waals surface area contributed by atoms with Gasteiger partial charge < -0.3 is 9.64 Å². The number of morpholine rings is 1. The lowest BCUT2D eigenvalue weighted by Crippen LogP contribution is -2.49. The van der Waals surface area contributed by atoms with E-state index in [1.165, 1.54) is 5.56 Å². The van der Waals surface area contributed by atoms with E-state index < -0.39 is 0 Å². The van der Waals surface area contributed by atoms with Crippen LogP contribution >= 0.6 is 11.6 Å². The van der Waals surface area contributed by atoms with Crippen LogP contribution in [0.1, 0.15) is 12.5 Å². The first-order valence-corrected chi connectivity index (χ1v) is 6.97. The van der Waals surface area contributed by atoms with Gasteiger partial charge in [0.1, 0.15) is 12.1 Å². The number of pyridine rings is 1. The molecule has 3 rings (SSSR count). The molecule has 0 radical (unpaired) electrons. The van der Waals surface area contributed by atoms with E-state index >= 15 is 0 Å². The molecule has 1 fully saturated rings. The summed E-state index contributed by atoms with van der Waals surface area (Å²) in [6.07, 6.45) is 1.65. The fourth-order valence-corrected chi connectivity index (χ4v) is 2.66. The number of hydrogen-bond acceptors (Lipinski definition) is 4. The molecule has 2 aromatic rings. The molecule has 2 atom stereocenters. The molecule has 1 saturated heterocycles. The van der Waals surface area contributed by atoms with Crippen molar-refractivity contribution in [2.24, 2.45) is 0 Å². The smallest absolute Gasteiger partial charge is 0.157 e. The third kappa shape index (κ3) is 2.28. The van der Waals surface area contributed by atoms with Crippen LogP contribution in [-0.2, 0) is 4.74 Å². The van der Waals surface area contributed by atoms with Crippen molar-refractivity contribution in [1.82, 2.24) is 14.6 Å². The quantitative estimate of drug-likeness (QED) is 0.788. The number of rotatable bonds is 2. The Hall–Kier alpha value is -1.33.